The van der Waals surface area contributed by atoms with Crippen LogP contribution in [0, 0.1) is 0 Å². The monoisotopic (exact) mass is 242 g/mol. The van der Waals surface area contributed by atoms with Crippen LogP contribution < -0.4 is 5.73 Å². The zero-order valence-electron chi connectivity index (χ0n) is 10.4. The second-order valence-corrected chi connectivity index (χ2v) is 5.03. The van der Waals surface area contributed by atoms with E-state index in [0.29, 0.717) is 0 Å². The van der Waals surface area contributed by atoms with Crippen LogP contribution in [0.15, 0.2) is 36.5 Å². The highest BCUT2D eigenvalue weighted by Gasteiger charge is 2.28. The standard InChI is InChI=1S/C15H18N2O/c16-15(6-2-9-18-10-7-15)13-5-4-12-3-1-8-17-14(12)11-13/h1,3-5,8,11H,2,6-7,9-10,16H2. The van der Waals surface area contributed by atoms with Crippen molar-refractivity contribution < 1.29 is 4.74 Å². The molecule has 1 atom stereocenters. The Morgan fingerprint density at radius 3 is 3.06 bits per heavy atom. The number of ether oxygens (including phenoxy) is 1. The van der Waals surface area contributed by atoms with E-state index < -0.39 is 0 Å². The molecule has 3 rings (SSSR count). The molecule has 0 amide bonds. The molecule has 0 spiro atoms. The highest BCUT2D eigenvalue weighted by atomic mass is 16.5. The van der Waals surface area contributed by atoms with Gasteiger partial charge in [-0.15, -0.1) is 0 Å². The SMILES string of the molecule is NC1(c2ccc3cccnc3c2)CCCOCC1. The molecule has 0 aliphatic carbocycles. The number of benzene rings is 1. The fraction of sp³-hybridized carbons (Fsp3) is 0.400. The Labute approximate surface area is 107 Å². The molecule has 2 aromatic rings. The lowest BCUT2D eigenvalue weighted by atomic mass is 9.84. The van der Waals surface area contributed by atoms with Crippen LogP contribution in [0.4, 0.5) is 0 Å². The third kappa shape index (κ3) is 2.11. The van der Waals surface area contributed by atoms with Crippen molar-refractivity contribution in [2.24, 2.45) is 5.73 Å². The number of aromatic nitrogens is 1. The number of nitrogens with zero attached hydrogens (tertiary/aromatic N) is 1. The van der Waals surface area contributed by atoms with Crippen LogP contribution in [-0.4, -0.2) is 18.2 Å². The number of pyridine rings is 1. The van der Waals surface area contributed by atoms with E-state index in [9.17, 15) is 0 Å². The molecule has 3 heteroatoms. The summed E-state index contributed by atoms with van der Waals surface area (Å²) in [6.45, 7) is 1.57. The summed E-state index contributed by atoms with van der Waals surface area (Å²) in [7, 11) is 0. The summed E-state index contributed by atoms with van der Waals surface area (Å²) in [5.74, 6) is 0. The minimum absolute atomic E-state index is 0.262. The van der Waals surface area contributed by atoms with Crippen LogP contribution in [0.5, 0.6) is 0 Å². The molecular formula is C15H18N2O. The summed E-state index contributed by atoms with van der Waals surface area (Å²) in [6.07, 6.45) is 4.71. The fourth-order valence-electron chi connectivity index (χ4n) is 2.64. The van der Waals surface area contributed by atoms with Crippen LogP contribution >= 0.6 is 0 Å². The zero-order valence-corrected chi connectivity index (χ0v) is 10.4. The molecule has 1 aromatic carbocycles. The molecule has 1 aliphatic heterocycles. The van der Waals surface area contributed by atoms with Gasteiger partial charge in [0.25, 0.3) is 0 Å². The lowest BCUT2D eigenvalue weighted by Crippen LogP contribution is -2.36. The lowest BCUT2D eigenvalue weighted by molar-refractivity contribution is 0.139. The van der Waals surface area contributed by atoms with Crippen LogP contribution in [-0.2, 0) is 10.3 Å². The quantitative estimate of drug-likeness (QED) is 0.836. The van der Waals surface area contributed by atoms with E-state index in [2.05, 4.69) is 29.2 Å². The Kier molecular flexibility index (Phi) is 3.02. The molecule has 1 aromatic heterocycles. The minimum Gasteiger partial charge on any atom is -0.381 e. The molecule has 1 aliphatic rings. The van der Waals surface area contributed by atoms with Gasteiger partial charge in [-0.1, -0.05) is 18.2 Å². The number of fused-ring (bicyclic) bond motifs is 1. The average molecular weight is 242 g/mol. The van der Waals surface area contributed by atoms with Crippen molar-refractivity contribution >= 4 is 10.9 Å². The Morgan fingerprint density at radius 1 is 1.17 bits per heavy atom. The van der Waals surface area contributed by atoms with Crippen molar-refractivity contribution in [3.8, 4) is 0 Å². The van der Waals surface area contributed by atoms with Crippen molar-refractivity contribution in [3.05, 3.63) is 42.1 Å². The maximum absolute atomic E-state index is 6.56. The van der Waals surface area contributed by atoms with E-state index in [1.807, 2.05) is 12.3 Å². The molecule has 0 bridgehead atoms. The van der Waals surface area contributed by atoms with E-state index in [1.54, 1.807) is 0 Å². The Bertz CT molecular complexity index is 545. The van der Waals surface area contributed by atoms with Gasteiger partial charge in [-0.05, 0) is 37.0 Å². The van der Waals surface area contributed by atoms with Gasteiger partial charge in [-0.3, -0.25) is 4.98 Å². The summed E-state index contributed by atoms with van der Waals surface area (Å²) in [5, 5.41) is 1.16. The molecule has 2 N–H and O–H groups in total. The average Bonchev–Trinajstić information content (AvgIpc) is 2.64. The van der Waals surface area contributed by atoms with Gasteiger partial charge in [-0.25, -0.2) is 0 Å². The smallest absolute Gasteiger partial charge is 0.0705 e. The van der Waals surface area contributed by atoms with E-state index in [-0.39, 0.29) is 5.54 Å². The van der Waals surface area contributed by atoms with Crippen LogP contribution in [0.3, 0.4) is 0 Å². The highest BCUT2D eigenvalue weighted by molar-refractivity contribution is 5.79. The van der Waals surface area contributed by atoms with Gasteiger partial charge in [0.05, 0.1) is 5.52 Å². The van der Waals surface area contributed by atoms with Gasteiger partial charge >= 0.3 is 0 Å². The van der Waals surface area contributed by atoms with Gasteiger partial charge in [0.1, 0.15) is 0 Å². The first-order valence-electron chi connectivity index (χ1n) is 6.50. The molecular weight excluding hydrogens is 224 g/mol. The summed E-state index contributed by atoms with van der Waals surface area (Å²) >= 11 is 0. The maximum atomic E-state index is 6.56. The predicted octanol–water partition coefficient (Wildman–Crippen LogP) is 2.59. The van der Waals surface area contributed by atoms with Gasteiger partial charge in [0, 0.05) is 30.3 Å². The second kappa shape index (κ2) is 4.67. The zero-order chi connectivity index (χ0) is 12.4. The van der Waals surface area contributed by atoms with Crippen LogP contribution in [0.1, 0.15) is 24.8 Å². The van der Waals surface area contributed by atoms with E-state index in [4.69, 9.17) is 10.5 Å². The fourth-order valence-corrected chi connectivity index (χ4v) is 2.64. The number of rotatable bonds is 1. The molecule has 1 fully saturated rings. The second-order valence-electron chi connectivity index (χ2n) is 5.03. The first kappa shape index (κ1) is 11.6. The van der Waals surface area contributed by atoms with Gasteiger partial charge in [0.15, 0.2) is 0 Å². The van der Waals surface area contributed by atoms with Gasteiger partial charge in [0.2, 0.25) is 0 Å². The number of nitrogens with two attached hydrogens (primary N) is 1. The van der Waals surface area contributed by atoms with Crippen molar-refractivity contribution in [1.29, 1.82) is 0 Å². The van der Waals surface area contributed by atoms with E-state index >= 15 is 0 Å². The molecule has 94 valence electrons. The topological polar surface area (TPSA) is 48.1 Å². The molecule has 2 heterocycles. The number of hydrogen-bond donors (Lipinski definition) is 1. The molecule has 1 unspecified atom stereocenters. The van der Waals surface area contributed by atoms with Gasteiger partial charge < -0.3 is 10.5 Å². The predicted molar refractivity (Wildman–Crippen MR) is 72.3 cm³/mol. The van der Waals surface area contributed by atoms with Crippen LogP contribution in [0.25, 0.3) is 10.9 Å². The Balaban J connectivity index is 2.02. The maximum Gasteiger partial charge on any atom is 0.0705 e. The largest absolute Gasteiger partial charge is 0.381 e. The summed E-state index contributed by atoms with van der Waals surface area (Å²) in [4.78, 5) is 4.40. The first-order chi connectivity index (χ1) is 8.78. The summed E-state index contributed by atoms with van der Waals surface area (Å²) in [5.41, 5.74) is 8.50. The van der Waals surface area contributed by atoms with Crippen molar-refractivity contribution in [2.75, 3.05) is 13.2 Å². The van der Waals surface area contributed by atoms with Crippen molar-refractivity contribution in [3.63, 3.8) is 0 Å². The van der Waals surface area contributed by atoms with Crippen LogP contribution in [0.2, 0.25) is 0 Å². The summed E-state index contributed by atoms with van der Waals surface area (Å²) in [6, 6.07) is 10.4. The molecule has 1 saturated heterocycles. The van der Waals surface area contributed by atoms with Gasteiger partial charge in [-0.2, -0.15) is 0 Å². The molecule has 0 radical (unpaired) electrons. The number of hydrogen-bond acceptors (Lipinski definition) is 3. The normalized spacial score (nSPS) is 24.9. The lowest BCUT2D eigenvalue weighted by Gasteiger charge is -2.28. The van der Waals surface area contributed by atoms with E-state index in [0.717, 1.165) is 43.4 Å². The minimum atomic E-state index is -0.262. The van der Waals surface area contributed by atoms with Crippen molar-refractivity contribution in [1.82, 2.24) is 4.98 Å². The molecule has 18 heavy (non-hydrogen) atoms. The third-order valence-corrected chi connectivity index (χ3v) is 3.78. The summed E-state index contributed by atoms with van der Waals surface area (Å²) < 4.78 is 5.50. The Morgan fingerprint density at radius 2 is 2.11 bits per heavy atom. The van der Waals surface area contributed by atoms with E-state index in [1.165, 1.54) is 5.56 Å². The molecule has 0 saturated carbocycles. The third-order valence-electron chi connectivity index (χ3n) is 3.78. The molecule has 3 nitrogen and oxygen atoms in total. The van der Waals surface area contributed by atoms with Crippen molar-refractivity contribution in [2.45, 2.75) is 24.8 Å². The Hall–Kier alpha value is -1.45. The first-order valence-corrected chi connectivity index (χ1v) is 6.50. The highest BCUT2D eigenvalue weighted by Crippen LogP contribution is 2.31.